The van der Waals surface area contributed by atoms with E-state index in [1.807, 2.05) is 35.2 Å². The standard InChI is InChI=1S/C15H18N2O3S/c18-13(11-4-2-1-3-5-11)17-8-6-15(7-9-17)16-12(10-21-15)14(19)20/h1-5,12,16H,6-10H2,(H,19,20)/t12-/m0/s1. The van der Waals surface area contributed by atoms with E-state index < -0.39 is 12.0 Å². The van der Waals surface area contributed by atoms with E-state index in [0.29, 0.717) is 24.4 Å². The van der Waals surface area contributed by atoms with Crippen molar-refractivity contribution in [2.24, 2.45) is 0 Å². The number of amides is 1. The number of thioether (sulfide) groups is 1. The molecule has 112 valence electrons. The van der Waals surface area contributed by atoms with Gasteiger partial charge in [0.15, 0.2) is 0 Å². The van der Waals surface area contributed by atoms with Crippen LogP contribution in [0.5, 0.6) is 0 Å². The lowest BCUT2D eigenvalue weighted by molar-refractivity contribution is -0.139. The number of aliphatic carboxylic acids is 1. The molecular formula is C15H18N2O3S. The average molecular weight is 306 g/mol. The van der Waals surface area contributed by atoms with Crippen LogP contribution in [-0.2, 0) is 4.79 Å². The summed E-state index contributed by atoms with van der Waals surface area (Å²) in [6.07, 6.45) is 1.58. The Balaban J connectivity index is 1.61. The van der Waals surface area contributed by atoms with Gasteiger partial charge in [-0.1, -0.05) is 18.2 Å². The van der Waals surface area contributed by atoms with Crippen LogP contribution in [0.4, 0.5) is 0 Å². The molecule has 1 atom stereocenters. The molecule has 1 aromatic carbocycles. The van der Waals surface area contributed by atoms with Gasteiger partial charge in [0.05, 0.1) is 4.87 Å². The summed E-state index contributed by atoms with van der Waals surface area (Å²) in [5.41, 5.74) is 0.712. The highest BCUT2D eigenvalue weighted by atomic mass is 32.2. The SMILES string of the molecule is O=C(O)[C@@H]1CSC2(CCN(C(=O)c3ccccc3)CC2)N1. The maximum absolute atomic E-state index is 12.4. The first kappa shape index (κ1) is 14.4. The van der Waals surface area contributed by atoms with Gasteiger partial charge in [-0.05, 0) is 25.0 Å². The normalized spacial score (nSPS) is 24.2. The Hall–Kier alpha value is -1.53. The summed E-state index contributed by atoms with van der Waals surface area (Å²) >= 11 is 1.68. The van der Waals surface area contributed by atoms with Gasteiger partial charge in [-0.3, -0.25) is 14.9 Å². The summed E-state index contributed by atoms with van der Waals surface area (Å²) in [5.74, 6) is -0.132. The minimum Gasteiger partial charge on any atom is -0.480 e. The first-order chi connectivity index (χ1) is 10.1. The van der Waals surface area contributed by atoms with Gasteiger partial charge >= 0.3 is 5.97 Å². The second-order valence-corrected chi connectivity index (χ2v) is 6.90. The zero-order valence-corrected chi connectivity index (χ0v) is 12.4. The van der Waals surface area contributed by atoms with Crippen molar-refractivity contribution in [3.8, 4) is 0 Å². The van der Waals surface area contributed by atoms with Crippen molar-refractivity contribution < 1.29 is 14.7 Å². The van der Waals surface area contributed by atoms with Gasteiger partial charge in [-0.2, -0.15) is 0 Å². The van der Waals surface area contributed by atoms with Crippen molar-refractivity contribution in [2.75, 3.05) is 18.8 Å². The molecule has 1 amide bonds. The third-order valence-corrected chi connectivity index (χ3v) is 5.72. The molecular weight excluding hydrogens is 288 g/mol. The topological polar surface area (TPSA) is 69.6 Å². The van der Waals surface area contributed by atoms with Gasteiger partial charge in [-0.25, -0.2) is 0 Å². The molecule has 2 aliphatic heterocycles. The minimum absolute atomic E-state index is 0.0585. The quantitative estimate of drug-likeness (QED) is 0.864. The van der Waals surface area contributed by atoms with Crippen LogP contribution in [0.3, 0.4) is 0 Å². The van der Waals surface area contributed by atoms with Crippen LogP contribution in [0.1, 0.15) is 23.2 Å². The molecule has 3 rings (SSSR count). The Morgan fingerprint density at radius 3 is 2.48 bits per heavy atom. The minimum atomic E-state index is -0.790. The number of carbonyl (C=O) groups excluding carboxylic acids is 1. The van der Waals surface area contributed by atoms with Crippen LogP contribution in [0.2, 0.25) is 0 Å². The fourth-order valence-electron chi connectivity index (χ4n) is 2.90. The Morgan fingerprint density at radius 1 is 1.24 bits per heavy atom. The Bertz CT molecular complexity index is 541. The summed E-state index contributed by atoms with van der Waals surface area (Å²) in [6.45, 7) is 1.33. The van der Waals surface area contributed by atoms with E-state index >= 15 is 0 Å². The van der Waals surface area contributed by atoms with Crippen molar-refractivity contribution in [1.82, 2.24) is 10.2 Å². The predicted molar refractivity (Wildman–Crippen MR) is 81.3 cm³/mol. The molecule has 1 spiro atoms. The monoisotopic (exact) mass is 306 g/mol. The van der Waals surface area contributed by atoms with Crippen molar-refractivity contribution >= 4 is 23.6 Å². The van der Waals surface area contributed by atoms with Crippen molar-refractivity contribution in [3.63, 3.8) is 0 Å². The first-order valence-corrected chi connectivity index (χ1v) is 8.07. The molecule has 5 nitrogen and oxygen atoms in total. The number of likely N-dealkylation sites (tertiary alicyclic amines) is 1. The molecule has 2 fully saturated rings. The van der Waals surface area contributed by atoms with Crippen LogP contribution in [0.25, 0.3) is 0 Å². The number of piperidine rings is 1. The molecule has 2 heterocycles. The van der Waals surface area contributed by atoms with Gasteiger partial charge in [0.1, 0.15) is 6.04 Å². The lowest BCUT2D eigenvalue weighted by atomic mass is 10.0. The number of rotatable bonds is 2. The fourth-order valence-corrected chi connectivity index (χ4v) is 4.31. The smallest absolute Gasteiger partial charge is 0.321 e. The van der Waals surface area contributed by atoms with Crippen LogP contribution < -0.4 is 5.32 Å². The van der Waals surface area contributed by atoms with Crippen molar-refractivity contribution in [3.05, 3.63) is 35.9 Å². The lowest BCUT2D eigenvalue weighted by Crippen LogP contribution is -2.52. The van der Waals surface area contributed by atoms with Crippen LogP contribution in [0.15, 0.2) is 30.3 Å². The number of hydrogen-bond donors (Lipinski definition) is 2. The molecule has 0 radical (unpaired) electrons. The number of hydrogen-bond acceptors (Lipinski definition) is 4. The van der Waals surface area contributed by atoms with Gasteiger partial charge in [0, 0.05) is 24.4 Å². The zero-order valence-electron chi connectivity index (χ0n) is 11.6. The number of carbonyl (C=O) groups is 2. The molecule has 0 saturated carbocycles. The molecule has 0 aliphatic carbocycles. The van der Waals surface area contributed by atoms with Crippen LogP contribution in [-0.4, -0.2) is 51.6 Å². The third kappa shape index (κ3) is 2.91. The lowest BCUT2D eigenvalue weighted by Gasteiger charge is -2.39. The number of carboxylic acid groups (broad SMARTS) is 1. The summed E-state index contributed by atoms with van der Waals surface area (Å²) in [5, 5.41) is 12.3. The highest BCUT2D eigenvalue weighted by Gasteiger charge is 2.44. The van der Waals surface area contributed by atoms with E-state index in [1.54, 1.807) is 11.8 Å². The molecule has 2 saturated heterocycles. The van der Waals surface area contributed by atoms with Crippen molar-refractivity contribution in [1.29, 1.82) is 0 Å². The zero-order chi connectivity index (χ0) is 14.9. The molecule has 6 heteroatoms. The predicted octanol–water partition coefficient (Wildman–Crippen LogP) is 1.41. The van der Waals surface area contributed by atoms with Gasteiger partial charge in [0.25, 0.3) is 5.91 Å². The maximum atomic E-state index is 12.4. The number of carboxylic acids is 1. The van der Waals surface area contributed by atoms with Gasteiger partial charge < -0.3 is 10.0 Å². The van der Waals surface area contributed by atoms with Gasteiger partial charge in [-0.15, -0.1) is 11.8 Å². The molecule has 2 aliphatic rings. The second-order valence-electron chi connectivity index (χ2n) is 5.50. The molecule has 0 unspecified atom stereocenters. The molecule has 0 bridgehead atoms. The fraction of sp³-hybridized carbons (Fsp3) is 0.467. The summed E-state index contributed by atoms with van der Waals surface area (Å²) < 4.78 is 0. The first-order valence-electron chi connectivity index (χ1n) is 7.08. The van der Waals surface area contributed by atoms with E-state index in [2.05, 4.69) is 5.32 Å². The molecule has 1 aromatic rings. The summed E-state index contributed by atoms with van der Waals surface area (Å²) in [4.78, 5) is 25.1. The number of nitrogens with one attached hydrogen (secondary N) is 1. The Labute approximate surface area is 127 Å². The van der Waals surface area contributed by atoms with E-state index in [1.165, 1.54) is 0 Å². The van der Waals surface area contributed by atoms with Crippen molar-refractivity contribution in [2.45, 2.75) is 23.8 Å². The largest absolute Gasteiger partial charge is 0.480 e. The van der Waals surface area contributed by atoms with E-state index in [0.717, 1.165) is 12.8 Å². The summed E-state index contributed by atoms with van der Waals surface area (Å²) in [7, 11) is 0. The third-order valence-electron chi connectivity index (χ3n) is 4.14. The van der Waals surface area contributed by atoms with Gasteiger partial charge in [0.2, 0.25) is 0 Å². The Kier molecular flexibility index (Phi) is 3.91. The Morgan fingerprint density at radius 2 is 1.90 bits per heavy atom. The highest BCUT2D eigenvalue weighted by molar-refractivity contribution is 8.01. The maximum Gasteiger partial charge on any atom is 0.321 e. The number of benzene rings is 1. The van der Waals surface area contributed by atoms with E-state index in [4.69, 9.17) is 5.11 Å². The second kappa shape index (κ2) is 5.69. The average Bonchev–Trinajstić information content (AvgIpc) is 2.92. The van der Waals surface area contributed by atoms with E-state index in [9.17, 15) is 9.59 Å². The van der Waals surface area contributed by atoms with E-state index in [-0.39, 0.29) is 10.8 Å². The number of nitrogens with zero attached hydrogens (tertiary/aromatic N) is 1. The summed E-state index contributed by atoms with van der Waals surface area (Å²) in [6, 6.07) is 8.82. The molecule has 2 N–H and O–H groups in total. The molecule has 21 heavy (non-hydrogen) atoms. The van der Waals surface area contributed by atoms with Crippen LogP contribution >= 0.6 is 11.8 Å². The highest BCUT2D eigenvalue weighted by Crippen LogP contribution is 2.39. The van der Waals surface area contributed by atoms with Crippen LogP contribution in [0, 0.1) is 0 Å². The molecule has 0 aromatic heterocycles.